The monoisotopic (exact) mass is 450 g/mol. The first-order valence-electron chi connectivity index (χ1n) is 7.56. The summed E-state index contributed by atoms with van der Waals surface area (Å²) in [6, 6.07) is 6.31. The lowest BCUT2D eigenvalue weighted by Gasteiger charge is -2.36. The summed E-state index contributed by atoms with van der Waals surface area (Å²) in [5, 5.41) is 3.11. The zero-order valence-electron chi connectivity index (χ0n) is 13.2. The lowest BCUT2D eigenvalue weighted by atomic mass is 10.0. The quantitative estimate of drug-likeness (QED) is 0.413. The highest BCUT2D eigenvalue weighted by molar-refractivity contribution is 14.0. The van der Waals surface area contributed by atoms with Crippen molar-refractivity contribution in [1.29, 1.82) is 0 Å². The maximum Gasteiger partial charge on any atom is 0.211 e. The SMILES string of the molecule is CS(=O)(=O)N1CC(CN=C(N)Nc2ccc3c(c2)CCC3)C1.I. The Hall–Kier alpha value is -0.870. The van der Waals surface area contributed by atoms with Crippen LogP contribution in [-0.4, -0.2) is 44.6 Å². The summed E-state index contributed by atoms with van der Waals surface area (Å²) in [5.74, 6) is 0.644. The molecule has 3 N–H and O–H groups in total. The molecule has 0 saturated carbocycles. The third-order valence-electron chi connectivity index (χ3n) is 4.28. The van der Waals surface area contributed by atoms with Crippen molar-refractivity contribution >= 4 is 45.6 Å². The largest absolute Gasteiger partial charge is 0.370 e. The van der Waals surface area contributed by atoms with Crippen molar-refractivity contribution in [3.8, 4) is 0 Å². The van der Waals surface area contributed by atoms with E-state index < -0.39 is 10.0 Å². The molecule has 2 aliphatic rings. The first-order chi connectivity index (χ1) is 10.4. The second-order valence-corrected chi connectivity index (χ2v) is 8.12. The molecule has 1 aliphatic carbocycles. The van der Waals surface area contributed by atoms with Gasteiger partial charge in [-0.1, -0.05) is 6.07 Å². The van der Waals surface area contributed by atoms with Crippen LogP contribution < -0.4 is 11.1 Å². The highest BCUT2D eigenvalue weighted by Crippen LogP contribution is 2.24. The number of aryl methyl sites for hydroxylation is 2. The van der Waals surface area contributed by atoms with E-state index in [0.29, 0.717) is 25.6 Å². The summed E-state index contributed by atoms with van der Waals surface area (Å²) in [5.41, 5.74) is 9.69. The minimum atomic E-state index is -3.05. The number of hydrogen-bond donors (Lipinski definition) is 2. The van der Waals surface area contributed by atoms with Crippen molar-refractivity contribution in [1.82, 2.24) is 4.31 Å². The van der Waals surface area contributed by atoms with Crippen LogP contribution in [0.4, 0.5) is 5.69 Å². The second-order valence-electron chi connectivity index (χ2n) is 6.13. The van der Waals surface area contributed by atoms with Gasteiger partial charge in [-0.05, 0) is 42.5 Å². The van der Waals surface area contributed by atoms with Gasteiger partial charge in [0.2, 0.25) is 10.0 Å². The molecule has 0 atom stereocenters. The molecule has 23 heavy (non-hydrogen) atoms. The molecule has 1 aromatic carbocycles. The van der Waals surface area contributed by atoms with E-state index in [0.717, 1.165) is 18.5 Å². The molecule has 1 heterocycles. The van der Waals surface area contributed by atoms with Crippen LogP contribution in [0.3, 0.4) is 0 Å². The summed E-state index contributed by atoms with van der Waals surface area (Å²) >= 11 is 0. The van der Waals surface area contributed by atoms with Gasteiger partial charge in [0.1, 0.15) is 0 Å². The van der Waals surface area contributed by atoms with E-state index in [9.17, 15) is 8.42 Å². The summed E-state index contributed by atoms with van der Waals surface area (Å²) in [4.78, 5) is 4.31. The van der Waals surface area contributed by atoms with Gasteiger partial charge in [-0.15, -0.1) is 24.0 Å². The minimum Gasteiger partial charge on any atom is -0.370 e. The Morgan fingerprint density at radius 3 is 2.74 bits per heavy atom. The average molecular weight is 450 g/mol. The van der Waals surface area contributed by atoms with Crippen molar-refractivity contribution < 1.29 is 8.42 Å². The van der Waals surface area contributed by atoms with Gasteiger partial charge in [-0.25, -0.2) is 12.7 Å². The molecule has 8 heteroatoms. The van der Waals surface area contributed by atoms with E-state index >= 15 is 0 Å². The number of sulfonamides is 1. The molecule has 1 aliphatic heterocycles. The van der Waals surface area contributed by atoms with Crippen molar-refractivity contribution in [3.05, 3.63) is 29.3 Å². The van der Waals surface area contributed by atoms with Crippen LogP contribution in [0.15, 0.2) is 23.2 Å². The molecular formula is C15H23IN4O2S. The molecule has 1 fully saturated rings. The smallest absolute Gasteiger partial charge is 0.211 e. The topological polar surface area (TPSA) is 87.8 Å². The van der Waals surface area contributed by atoms with E-state index in [4.69, 9.17) is 5.73 Å². The zero-order valence-corrected chi connectivity index (χ0v) is 16.3. The molecule has 6 nitrogen and oxygen atoms in total. The molecule has 1 aromatic rings. The van der Waals surface area contributed by atoms with E-state index in [2.05, 4.69) is 22.4 Å². The zero-order chi connectivity index (χ0) is 15.7. The first-order valence-corrected chi connectivity index (χ1v) is 9.40. The number of fused-ring (bicyclic) bond motifs is 1. The standard InChI is InChI=1S/C15H22N4O2S.HI/c1-22(20,21)19-9-11(10-19)8-17-15(16)18-14-6-5-12-3-2-4-13(12)7-14;/h5-7,11H,2-4,8-10H2,1H3,(H3,16,17,18);1H. The Bertz CT molecular complexity index is 699. The van der Waals surface area contributed by atoms with Gasteiger partial charge in [0.05, 0.1) is 6.26 Å². The lowest BCUT2D eigenvalue weighted by Crippen LogP contribution is -2.50. The number of hydrogen-bond acceptors (Lipinski definition) is 3. The predicted octanol–water partition coefficient (Wildman–Crippen LogP) is 1.41. The van der Waals surface area contributed by atoms with Crippen LogP contribution in [0, 0.1) is 5.92 Å². The number of benzene rings is 1. The molecular weight excluding hydrogens is 427 g/mol. The van der Waals surface area contributed by atoms with Crippen LogP contribution >= 0.6 is 24.0 Å². The first kappa shape index (κ1) is 18.5. The maximum absolute atomic E-state index is 11.3. The number of rotatable bonds is 4. The summed E-state index contributed by atoms with van der Waals surface area (Å²) in [6.07, 6.45) is 4.75. The van der Waals surface area contributed by atoms with Gasteiger partial charge in [-0.2, -0.15) is 0 Å². The lowest BCUT2D eigenvalue weighted by molar-refractivity contribution is 0.209. The number of aliphatic imine (C=N–C) groups is 1. The van der Waals surface area contributed by atoms with Gasteiger partial charge in [-0.3, -0.25) is 4.99 Å². The van der Waals surface area contributed by atoms with Crippen LogP contribution in [0.25, 0.3) is 0 Å². The molecule has 0 radical (unpaired) electrons. The summed E-state index contributed by atoms with van der Waals surface area (Å²) < 4.78 is 24.0. The Morgan fingerprint density at radius 1 is 1.35 bits per heavy atom. The van der Waals surface area contributed by atoms with Crippen LogP contribution in [0.5, 0.6) is 0 Å². The molecule has 128 valence electrons. The molecule has 0 aromatic heterocycles. The third kappa shape index (κ3) is 4.57. The van der Waals surface area contributed by atoms with Crippen molar-refractivity contribution in [3.63, 3.8) is 0 Å². The van der Waals surface area contributed by atoms with Gasteiger partial charge in [0.15, 0.2) is 5.96 Å². The van der Waals surface area contributed by atoms with Crippen LogP contribution in [0.1, 0.15) is 17.5 Å². The fourth-order valence-electron chi connectivity index (χ4n) is 2.97. The molecule has 3 rings (SSSR count). The van der Waals surface area contributed by atoms with Crippen LogP contribution in [-0.2, 0) is 22.9 Å². The predicted molar refractivity (Wildman–Crippen MR) is 104 cm³/mol. The fourth-order valence-corrected chi connectivity index (χ4v) is 3.94. The summed E-state index contributed by atoms with van der Waals surface area (Å²) in [7, 11) is -3.05. The van der Waals surface area contributed by atoms with Gasteiger partial charge in [0, 0.05) is 31.2 Å². The number of guanidine groups is 1. The molecule has 0 unspecified atom stereocenters. The molecule has 0 spiro atoms. The van der Waals surface area contributed by atoms with Crippen molar-refractivity contribution in [2.75, 3.05) is 31.2 Å². The number of nitrogens with one attached hydrogen (secondary N) is 1. The summed E-state index contributed by atoms with van der Waals surface area (Å²) in [6.45, 7) is 1.62. The Labute approximate surface area is 154 Å². The Balaban J connectivity index is 0.00000192. The van der Waals surface area contributed by atoms with E-state index in [1.807, 2.05) is 6.07 Å². The van der Waals surface area contributed by atoms with Crippen LogP contribution in [0.2, 0.25) is 0 Å². The highest BCUT2D eigenvalue weighted by Gasteiger charge is 2.32. The third-order valence-corrected chi connectivity index (χ3v) is 5.52. The number of nitrogens with zero attached hydrogens (tertiary/aromatic N) is 2. The highest BCUT2D eigenvalue weighted by atomic mass is 127. The molecule has 0 bridgehead atoms. The second kappa shape index (κ2) is 7.35. The van der Waals surface area contributed by atoms with Crippen molar-refractivity contribution in [2.45, 2.75) is 19.3 Å². The van der Waals surface area contributed by atoms with Gasteiger partial charge in [0.25, 0.3) is 0 Å². The van der Waals surface area contributed by atoms with Gasteiger partial charge >= 0.3 is 0 Å². The Morgan fingerprint density at radius 2 is 2.04 bits per heavy atom. The van der Waals surface area contributed by atoms with E-state index in [1.54, 1.807) is 0 Å². The van der Waals surface area contributed by atoms with E-state index in [1.165, 1.54) is 28.1 Å². The molecule has 1 saturated heterocycles. The average Bonchev–Trinajstić information content (AvgIpc) is 2.82. The number of nitrogens with two attached hydrogens (primary N) is 1. The van der Waals surface area contributed by atoms with E-state index in [-0.39, 0.29) is 29.9 Å². The van der Waals surface area contributed by atoms with Gasteiger partial charge < -0.3 is 11.1 Å². The maximum atomic E-state index is 11.3. The minimum absolute atomic E-state index is 0. The van der Waals surface area contributed by atoms with Crippen molar-refractivity contribution in [2.24, 2.45) is 16.6 Å². The number of anilines is 1. The number of halogens is 1. The normalized spacial score (nSPS) is 18.9. The molecule has 0 amide bonds. The fraction of sp³-hybridized carbons (Fsp3) is 0.533. The Kier molecular flexibility index (Phi) is 5.90.